The highest BCUT2D eigenvalue weighted by molar-refractivity contribution is 9.10. The molecule has 0 radical (unpaired) electrons. The second kappa shape index (κ2) is 6.87. The van der Waals surface area contributed by atoms with E-state index in [-0.39, 0.29) is 22.8 Å². The van der Waals surface area contributed by atoms with Crippen LogP contribution in [0.4, 0.5) is 0 Å². The van der Waals surface area contributed by atoms with Gasteiger partial charge in [-0.2, -0.15) is 0 Å². The van der Waals surface area contributed by atoms with E-state index in [9.17, 15) is 9.59 Å². The summed E-state index contributed by atoms with van der Waals surface area (Å²) in [6.07, 6.45) is 1.65. The van der Waals surface area contributed by atoms with Crippen LogP contribution in [-0.4, -0.2) is 15.5 Å². The van der Waals surface area contributed by atoms with Gasteiger partial charge in [-0.1, -0.05) is 17.7 Å². The minimum atomic E-state index is -0.405. The third-order valence-corrected chi connectivity index (χ3v) is 3.74. The summed E-state index contributed by atoms with van der Waals surface area (Å²) in [6.45, 7) is 2.40. The number of amides is 1. The Kier molecular flexibility index (Phi) is 5.14. The normalized spacial score (nSPS) is 10.4. The lowest BCUT2D eigenvalue weighted by Crippen LogP contribution is -2.32. The number of carbonyl (C=O) groups excluding carboxylic acids is 1. The highest BCUT2D eigenvalue weighted by atomic mass is 79.9. The molecular weight excluding hydrogens is 358 g/mol. The Labute approximate surface area is 135 Å². The summed E-state index contributed by atoms with van der Waals surface area (Å²) in [6, 6.07) is 6.87. The Hall–Kier alpha value is -1.66. The van der Waals surface area contributed by atoms with Crippen LogP contribution in [0.25, 0.3) is 0 Å². The van der Waals surface area contributed by atoms with Crippen LogP contribution in [0.5, 0.6) is 0 Å². The molecule has 0 saturated carbocycles. The zero-order chi connectivity index (χ0) is 15.4. The number of aromatic nitrogens is 2. The van der Waals surface area contributed by atoms with Crippen LogP contribution in [0, 0.1) is 0 Å². The van der Waals surface area contributed by atoms with Gasteiger partial charge in [0.25, 0.3) is 11.5 Å². The summed E-state index contributed by atoms with van der Waals surface area (Å²) in [5.41, 5.74) is 0.595. The molecular formula is C14H13BrClN3O2. The Bertz CT molecular complexity index is 716. The molecule has 2 aromatic rings. The fourth-order valence-electron chi connectivity index (χ4n) is 1.89. The van der Waals surface area contributed by atoms with Crippen molar-refractivity contribution in [1.29, 1.82) is 0 Å². The second-order valence-electron chi connectivity index (χ2n) is 4.24. The van der Waals surface area contributed by atoms with Crippen molar-refractivity contribution < 1.29 is 4.79 Å². The van der Waals surface area contributed by atoms with Gasteiger partial charge in [0.2, 0.25) is 0 Å². The number of rotatable bonds is 4. The Balaban J connectivity index is 2.27. The molecule has 2 heterocycles. The van der Waals surface area contributed by atoms with Crippen LogP contribution < -0.4 is 10.9 Å². The van der Waals surface area contributed by atoms with E-state index >= 15 is 0 Å². The van der Waals surface area contributed by atoms with Gasteiger partial charge in [-0.25, -0.2) is 0 Å². The van der Waals surface area contributed by atoms with Crippen molar-refractivity contribution in [2.24, 2.45) is 0 Å². The standard InChI is InChI=1S/C14H13BrClN3O2/c1-2-19-12(11(16)7-10(15)14(19)21)13(20)18-8-9-5-3-4-6-17-9/h3-7H,2,8H2,1H3,(H,18,20). The van der Waals surface area contributed by atoms with Gasteiger partial charge < -0.3 is 9.88 Å². The van der Waals surface area contributed by atoms with Gasteiger partial charge >= 0.3 is 0 Å². The van der Waals surface area contributed by atoms with Crippen molar-refractivity contribution in [3.63, 3.8) is 0 Å². The van der Waals surface area contributed by atoms with E-state index in [1.165, 1.54) is 10.6 Å². The quantitative estimate of drug-likeness (QED) is 0.900. The average Bonchev–Trinajstić information content (AvgIpc) is 2.49. The summed E-state index contributed by atoms with van der Waals surface area (Å²) < 4.78 is 1.66. The molecule has 0 aromatic carbocycles. The van der Waals surface area contributed by atoms with Crippen LogP contribution in [0.15, 0.2) is 39.7 Å². The summed E-state index contributed by atoms with van der Waals surface area (Å²) >= 11 is 9.23. The van der Waals surface area contributed by atoms with Crippen LogP contribution in [0.2, 0.25) is 5.02 Å². The molecule has 0 aliphatic carbocycles. The predicted octanol–water partition coefficient (Wildman–Crippen LogP) is 2.61. The molecule has 0 aliphatic heterocycles. The first kappa shape index (κ1) is 15.7. The van der Waals surface area contributed by atoms with Crippen molar-refractivity contribution in [1.82, 2.24) is 14.9 Å². The highest BCUT2D eigenvalue weighted by Crippen LogP contribution is 2.18. The first-order valence-electron chi connectivity index (χ1n) is 6.31. The molecule has 1 N–H and O–H groups in total. The van der Waals surface area contributed by atoms with Crippen molar-refractivity contribution in [2.45, 2.75) is 20.0 Å². The third kappa shape index (κ3) is 3.51. The molecule has 5 nitrogen and oxygen atoms in total. The van der Waals surface area contributed by atoms with E-state index < -0.39 is 5.91 Å². The van der Waals surface area contributed by atoms with Gasteiger partial charge in [0, 0.05) is 12.7 Å². The zero-order valence-corrected chi connectivity index (χ0v) is 13.6. The SMILES string of the molecule is CCn1c(C(=O)NCc2ccccn2)c(Cl)cc(Br)c1=O. The molecule has 1 amide bonds. The first-order valence-corrected chi connectivity index (χ1v) is 7.48. The number of nitrogens with one attached hydrogen (secondary N) is 1. The molecule has 7 heteroatoms. The summed E-state index contributed by atoms with van der Waals surface area (Å²) in [7, 11) is 0. The lowest BCUT2D eigenvalue weighted by Gasteiger charge is -2.13. The minimum Gasteiger partial charge on any atom is -0.345 e. The molecule has 110 valence electrons. The molecule has 2 rings (SSSR count). The molecule has 0 saturated heterocycles. The lowest BCUT2D eigenvalue weighted by atomic mass is 10.3. The molecule has 0 fully saturated rings. The van der Waals surface area contributed by atoms with E-state index in [2.05, 4.69) is 26.2 Å². The number of carbonyl (C=O) groups is 1. The van der Waals surface area contributed by atoms with E-state index in [4.69, 9.17) is 11.6 Å². The van der Waals surface area contributed by atoms with Gasteiger partial charge in [-0.05, 0) is 41.1 Å². The van der Waals surface area contributed by atoms with Crippen molar-refractivity contribution in [3.8, 4) is 0 Å². The van der Waals surface area contributed by atoms with E-state index in [0.717, 1.165) is 5.69 Å². The maximum atomic E-state index is 12.3. The van der Waals surface area contributed by atoms with Crippen LogP contribution in [-0.2, 0) is 13.1 Å². The van der Waals surface area contributed by atoms with Gasteiger partial charge in [0.05, 0.1) is 21.7 Å². The van der Waals surface area contributed by atoms with Gasteiger partial charge in [0.1, 0.15) is 5.69 Å². The monoisotopic (exact) mass is 369 g/mol. The van der Waals surface area contributed by atoms with Crippen molar-refractivity contribution in [3.05, 3.63) is 61.7 Å². The topological polar surface area (TPSA) is 64.0 Å². The Morgan fingerprint density at radius 2 is 2.24 bits per heavy atom. The van der Waals surface area contributed by atoms with E-state index in [0.29, 0.717) is 11.0 Å². The average molecular weight is 371 g/mol. The number of nitrogens with zero attached hydrogens (tertiary/aromatic N) is 2. The zero-order valence-electron chi connectivity index (χ0n) is 11.3. The molecule has 0 spiro atoms. The largest absolute Gasteiger partial charge is 0.345 e. The third-order valence-electron chi connectivity index (χ3n) is 2.89. The molecule has 0 unspecified atom stereocenters. The number of hydrogen-bond donors (Lipinski definition) is 1. The van der Waals surface area contributed by atoms with Crippen LogP contribution in [0.1, 0.15) is 23.1 Å². The van der Waals surface area contributed by atoms with E-state index in [1.807, 2.05) is 6.07 Å². The van der Waals surface area contributed by atoms with Crippen LogP contribution in [0.3, 0.4) is 0 Å². The van der Waals surface area contributed by atoms with Gasteiger partial charge in [0.15, 0.2) is 0 Å². The highest BCUT2D eigenvalue weighted by Gasteiger charge is 2.18. The van der Waals surface area contributed by atoms with Crippen molar-refractivity contribution in [2.75, 3.05) is 0 Å². The molecule has 0 atom stereocenters. The van der Waals surface area contributed by atoms with E-state index in [1.54, 1.807) is 25.3 Å². The minimum absolute atomic E-state index is 0.156. The van der Waals surface area contributed by atoms with Crippen LogP contribution >= 0.6 is 27.5 Å². The number of hydrogen-bond acceptors (Lipinski definition) is 3. The lowest BCUT2D eigenvalue weighted by molar-refractivity contribution is 0.0940. The molecule has 0 bridgehead atoms. The summed E-state index contributed by atoms with van der Waals surface area (Å²) in [4.78, 5) is 28.4. The first-order chi connectivity index (χ1) is 10.0. The Morgan fingerprint density at radius 1 is 1.48 bits per heavy atom. The van der Waals surface area contributed by atoms with Gasteiger partial charge in [-0.3, -0.25) is 14.6 Å². The van der Waals surface area contributed by atoms with Crippen molar-refractivity contribution >= 4 is 33.4 Å². The Morgan fingerprint density at radius 3 is 2.86 bits per heavy atom. The van der Waals surface area contributed by atoms with Gasteiger partial charge in [-0.15, -0.1) is 0 Å². The fourth-order valence-corrected chi connectivity index (χ4v) is 2.76. The fraction of sp³-hybridized carbons (Fsp3) is 0.214. The maximum Gasteiger partial charge on any atom is 0.269 e. The predicted molar refractivity (Wildman–Crippen MR) is 84.5 cm³/mol. The summed E-state index contributed by atoms with van der Waals surface area (Å²) in [5, 5.41) is 2.94. The number of pyridine rings is 2. The molecule has 2 aromatic heterocycles. The molecule has 0 aliphatic rings. The second-order valence-corrected chi connectivity index (χ2v) is 5.50. The summed E-state index contributed by atoms with van der Waals surface area (Å²) in [5.74, 6) is -0.405. The number of halogens is 2. The smallest absolute Gasteiger partial charge is 0.269 e. The maximum absolute atomic E-state index is 12.3. The molecule has 21 heavy (non-hydrogen) atoms.